The van der Waals surface area contributed by atoms with Gasteiger partial charge < -0.3 is 5.32 Å². The number of nitrogens with zero attached hydrogens (tertiary/aromatic N) is 1. The Morgan fingerprint density at radius 1 is 1.60 bits per heavy atom. The molecular weight excluding hydrogens is 194 g/mol. The molecule has 0 aliphatic carbocycles. The van der Waals surface area contributed by atoms with E-state index in [-0.39, 0.29) is 5.88 Å². The van der Waals surface area contributed by atoms with Crippen molar-refractivity contribution in [3.63, 3.8) is 0 Å². The Bertz CT molecular complexity index is 153. The molecule has 0 fully saturated rings. The third-order valence-electron chi connectivity index (χ3n) is 0.676. The van der Waals surface area contributed by atoms with Crippen LogP contribution < -0.4 is 5.32 Å². The highest BCUT2D eigenvalue weighted by atomic mass is 35.5. The summed E-state index contributed by atoms with van der Waals surface area (Å²) in [5.74, 6) is 0.199. The summed E-state index contributed by atoms with van der Waals surface area (Å²) in [4.78, 5) is 3.64. The van der Waals surface area contributed by atoms with Gasteiger partial charge >= 0.3 is 0 Å². The van der Waals surface area contributed by atoms with Gasteiger partial charge in [0.1, 0.15) is 5.16 Å². The maximum absolute atomic E-state index is 5.57. The second kappa shape index (κ2) is 5.83. The van der Waals surface area contributed by atoms with Crippen molar-refractivity contribution in [2.45, 2.75) is 0 Å². The van der Waals surface area contributed by atoms with Crippen LogP contribution in [0.1, 0.15) is 0 Å². The van der Waals surface area contributed by atoms with Gasteiger partial charge in [0.25, 0.3) is 0 Å². The zero-order valence-corrected chi connectivity index (χ0v) is 7.63. The lowest BCUT2D eigenvalue weighted by atomic mass is 10.7. The molecule has 0 spiro atoms. The molecule has 0 aliphatic rings. The third-order valence-corrected chi connectivity index (χ3v) is 1.84. The Hall–Kier alpha value is 0.0800. The summed E-state index contributed by atoms with van der Waals surface area (Å²) in [5, 5.41) is 3.31. The summed E-state index contributed by atoms with van der Waals surface area (Å²) in [6, 6.07) is 0. The second-order valence-electron chi connectivity index (χ2n) is 1.38. The van der Waals surface area contributed by atoms with Crippen LogP contribution in [0.25, 0.3) is 0 Å². The quantitative estimate of drug-likeness (QED) is 0.322. The molecule has 0 saturated carbocycles. The van der Waals surface area contributed by atoms with E-state index in [1.165, 1.54) is 6.34 Å². The molecule has 0 aliphatic heterocycles. The molecule has 0 aromatic heterocycles. The summed E-state index contributed by atoms with van der Waals surface area (Å²) >= 11 is 16.5. The number of rotatable bonds is 3. The fourth-order valence-corrected chi connectivity index (χ4v) is 0.630. The van der Waals surface area contributed by atoms with Gasteiger partial charge in [-0.05, 0) is 0 Å². The Labute approximate surface area is 74.9 Å². The number of allylic oxidation sites excluding steroid dienone is 1. The molecule has 2 nitrogen and oxygen atoms in total. The van der Waals surface area contributed by atoms with E-state index in [1.54, 1.807) is 7.05 Å². The van der Waals surface area contributed by atoms with Gasteiger partial charge in [-0.15, -0.1) is 11.6 Å². The monoisotopic (exact) mass is 200 g/mol. The molecule has 0 radical (unpaired) electrons. The second-order valence-corrected chi connectivity index (χ2v) is 2.49. The van der Waals surface area contributed by atoms with Gasteiger partial charge in [0.2, 0.25) is 0 Å². The van der Waals surface area contributed by atoms with Crippen molar-refractivity contribution < 1.29 is 0 Å². The van der Waals surface area contributed by atoms with Crippen LogP contribution in [-0.2, 0) is 0 Å². The van der Waals surface area contributed by atoms with E-state index in [0.717, 1.165) is 0 Å². The molecule has 0 atom stereocenters. The molecule has 0 aromatic rings. The summed E-state index contributed by atoms with van der Waals surface area (Å²) in [5.41, 5.74) is 0. The van der Waals surface area contributed by atoms with Crippen molar-refractivity contribution in [2.24, 2.45) is 4.99 Å². The molecule has 0 amide bonds. The minimum Gasteiger partial charge on any atom is -0.336 e. The first-order valence-corrected chi connectivity index (χ1v) is 3.78. The highest BCUT2D eigenvalue weighted by Gasteiger charge is 1.96. The zero-order valence-electron chi connectivity index (χ0n) is 5.37. The van der Waals surface area contributed by atoms with Crippen LogP contribution in [0.3, 0.4) is 0 Å². The number of halogens is 3. The van der Waals surface area contributed by atoms with Crippen molar-refractivity contribution in [2.75, 3.05) is 12.9 Å². The Balaban J connectivity index is 3.91. The molecule has 0 rings (SSSR count). The first kappa shape index (κ1) is 10.1. The van der Waals surface area contributed by atoms with Crippen LogP contribution >= 0.6 is 34.8 Å². The lowest BCUT2D eigenvalue weighted by Crippen LogP contribution is -2.07. The SMILES string of the molecule is CN=CN/C(Cl)=C(/Cl)CCl. The molecule has 10 heavy (non-hydrogen) atoms. The van der Waals surface area contributed by atoms with Crippen LogP contribution in [0.15, 0.2) is 15.2 Å². The van der Waals surface area contributed by atoms with Crippen molar-refractivity contribution in [1.82, 2.24) is 5.32 Å². The highest BCUT2D eigenvalue weighted by Crippen LogP contribution is 2.11. The molecule has 0 saturated heterocycles. The van der Waals surface area contributed by atoms with Crippen molar-refractivity contribution in [3.8, 4) is 0 Å². The molecule has 1 N–H and O–H groups in total. The van der Waals surface area contributed by atoms with Gasteiger partial charge in [-0.25, -0.2) is 0 Å². The maximum Gasteiger partial charge on any atom is 0.123 e. The predicted molar refractivity (Wildman–Crippen MR) is 47.0 cm³/mol. The molecule has 0 bridgehead atoms. The fraction of sp³-hybridized carbons (Fsp3) is 0.400. The van der Waals surface area contributed by atoms with E-state index < -0.39 is 0 Å². The smallest absolute Gasteiger partial charge is 0.123 e. The maximum atomic E-state index is 5.57. The van der Waals surface area contributed by atoms with Crippen molar-refractivity contribution in [3.05, 3.63) is 10.2 Å². The number of aliphatic imine (C=N–C) groups is 1. The minimum absolute atomic E-state index is 0.199. The standard InChI is InChI=1S/C5H7Cl3N2/c1-9-3-10-5(8)4(7)2-6/h3H,2H2,1H3,(H,9,10)/b5-4+. The van der Waals surface area contributed by atoms with Crippen LogP contribution in [0.5, 0.6) is 0 Å². The summed E-state index contributed by atoms with van der Waals surface area (Å²) in [7, 11) is 1.62. The van der Waals surface area contributed by atoms with E-state index in [9.17, 15) is 0 Å². The van der Waals surface area contributed by atoms with Crippen LogP contribution in [0.4, 0.5) is 0 Å². The molecule has 5 heteroatoms. The number of nitrogens with one attached hydrogen (secondary N) is 1. The predicted octanol–water partition coefficient (Wildman–Crippen LogP) is 2.12. The minimum atomic E-state index is 0.199. The molecule has 0 unspecified atom stereocenters. The average Bonchev–Trinajstić information content (AvgIpc) is 1.98. The summed E-state index contributed by atoms with van der Waals surface area (Å²) in [6.07, 6.45) is 1.43. The van der Waals surface area contributed by atoms with Gasteiger partial charge in [0, 0.05) is 7.05 Å². The van der Waals surface area contributed by atoms with E-state index in [0.29, 0.717) is 10.2 Å². The van der Waals surface area contributed by atoms with E-state index in [1.807, 2.05) is 0 Å². The largest absolute Gasteiger partial charge is 0.336 e. The van der Waals surface area contributed by atoms with Gasteiger partial charge in [-0.2, -0.15) is 0 Å². The van der Waals surface area contributed by atoms with Crippen LogP contribution in [0.2, 0.25) is 0 Å². The number of hydrogen-bond acceptors (Lipinski definition) is 1. The summed E-state index contributed by atoms with van der Waals surface area (Å²) < 4.78 is 0. The topological polar surface area (TPSA) is 24.4 Å². The van der Waals surface area contributed by atoms with E-state index in [2.05, 4.69) is 10.3 Å². The Kier molecular flexibility index (Phi) is 5.88. The Morgan fingerprint density at radius 3 is 2.60 bits per heavy atom. The van der Waals surface area contributed by atoms with Gasteiger partial charge in [0.15, 0.2) is 0 Å². The molecule has 0 aromatic carbocycles. The average molecular weight is 201 g/mol. The lowest BCUT2D eigenvalue weighted by molar-refractivity contribution is 1.23. The third kappa shape index (κ3) is 3.99. The summed E-state index contributed by atoms with van der Waals surface area (Å²) in [6.45, 7) is 0. The first-order valence-electron chi connectivity index (χ1n) is 2.49. The van der Waals surface area contributed by atoms with Gasteiger partial charge in [-0.1, -0.05) is 23.2 Å². The Morgan fingerprint density at radius 2 is 2.20 bits per heavy atom. The first-order chi connectivity index (χ1) is 4.72. The van der Waals surface area contributed by atoms with Crippen molar-refractivity contribution >= 4 is 41.1 Å². The van der Waals surface area contributed by atoms with Crippen LogP contribution in [0, 0.1) is 0 Å². The molecular formula is C5H7Cl3N2. The normalized spacial score (nSPS) is 13.6. The van der Waals surface area contributed by atoms with E-state index in [4.69, 9.17) is 34.8 Å². The number of alkyl halides is 1. The molecule has 0 heterocycles. The van der Waals surface area contributed by atoms with Crippen molar-refractivity contribution in [1.29, 1.82) is 0 Å². The van der Waals surface area contributed by atoms with Gasteiger partial charge in [0.05, 0.1) is 17.3 Å². The number of hydrogen-bond donors (Lipinski definition) is 1. The lowest BCUT2D eigenvalue weighted by Gasteiger charge is -1.97. The fourth-order valence-electron chi connectivity index (χ4n) is 0.258. The van der Waals surface area contributed by atoms with Crippen LogP contribution in [-0.4, -0.2) is 19.3 Å². The van der Waals surface area contributed by atoms with E-state index >= 15 is 0 Å². The highest BCUT2D eigenvalue weighted by molar-refractivity contribution is 6.42. The zero-order chi connectivity index (χ0) is 7.98. The molecule has 58 valence electrons. The van der Waals surface area contributed by atoms with Gasteiger partial charge in [-0.3, -0.25) is 4.99 Å².